The predicted octanol–water partition coefficient (Wildman–Crippen LogP) is 3.57. The van der Waals surface area contributed by atoms with Crippen molar-refractivity contribution in [2.75, 3.05) is 29.3 Å². The molecule has 0 radical (unpaired) electrons. The first-order valence-electron chi connectivity index (χ1n) is 11.6. The number of rotatable bonds is 8. The summed E-state index contributed by atoms with van der Waals surface area (Å²) in [5.41, 5.74) is -2.38. The molecule has 2 heterocycles. The van der Waals surface area contributed by atoms with Crippen LogP contribution in [0, 0.1) is 12.3 Å². The molecule has 2 N–H and O–H groups in total. The molecule has 1 unspecified atom stereocenters. The summed E-state index contributed by atoms with van der Waals surface area (Å²) in [5, 5.41) is 8.32. The first-order valence-corrected chi connectivity index (χ1v) is 13.0. The molecule has 1 atom stereocenters. The maximum absolute atomic E-state index is 13.6. The van der Waals surface area contributed by atoms with Crippen molar-refractivity contribution in [3.8, 4) is 5.75 Å². The van der Waals surface area contributed by atoms with Crippen molar-refractivity contribution in [2.24, 2.45) is 5.41 Å². The third-order valence-corrected chi connectivity index (χ3v) is 8.17. The van der Waals surface area contributed by atoms with E-state index >= 15 is 0 Å². The SMILES string of the molecule is CC(=O)NCC1CN(S(=O)(=O)c2cn(C(F)F)nc2C)c2cc(NC(=O)OCC3(C(F)(F)F)CC3)ccc2O1. The largest absolute Gasteiger partial charge is 0.484 e. The van der Waals surface area contributed by atoms with Crippen LogP contribution in [0.1, 0.15) is 32.0 Å². The maximum Gasteiger partial charge on any atom is 0.411 e. The van der Waals surface area contributed by atoms with Gasteiger partial charge in [0.1, 0.15) is 28.8 Å². The minimum atomic E-state index is -4.52. The van der Waals surface area contributed by atoms with Crippen LogP contribution in [-0.4, -0.2) is 62.2 Å². The summed E-state index contributed by atoms with van der Waals surface area (Å²) in [6, 6.07) is 3.80. The van der Waals surface area contributed by atoms with Gasteiger partial charge >= 0.3 is 18.8 Å². The van der Waals surface area contributed by atoms with Crippen molar-refractivity contribution in [3.05, 3.63) is 30.1 Å². The van der Waals surface area contributed by atoms with Crippen molar-refractivity contribution < 1.29 is 49.4 Å². The van der Waals surface area contributed by atoms with Gasteiger partial charge in [0.15, 0.2) is 0 Å². The zero-order valence-electron chi connectivity index (χ0n) is 20.6. The first-order chi connectivity index (χ1) is 18.1. The molecular weight excluding hydrogens is 557 g/mol. The van der Waals surface area contributed by atoms with Gasteiger partial charge in [-0.15, -0.1) is 0 Å². The summed E-state index contributed by atoms with van der Waals surface area (Å²) in [4.78, 5) is 23.1. The molecule has 0 spiro atoms. The van der Waals surface area contributed by atoms with Crippen molar-refractivity contribution in [1.29, 1.82) is 0 Å². The summed E-state index contributed by atoms with van der Waals surface area (Å²) in [5.74, 6) is -0.378. The highest BCUT2D eigenvalue weighted by atomic mass is 32.2. The van der Waals surface area contributed by atoms with Gasteiger partial charge in [0.2, 0.25) is 5.91 Å². The van der Waals surface area contributed by atoms with Gasteiger partial charge in [-0.3, -0.25) is 14.4 Å². The first kappa shape index (κ1) is 28.4. The monoisotopic (exact) mass is 581 g/mol. The van der Waals surface area contributed by atoms with E-state index in [1.165, 1.54) is 32.0 Å². The molecule has 2 aliphatic rings. The molecule has 0 bridgehead atoms. The molecule has 214 valence electrons. The molecule has 2 amide bonds. The number of aryl methyl sites for hydroxylation is 1. The van der Waals surface area contributed by atoms with Gasteiger partial charge in [-0.05, 0) is 38.0 Å². The number of hydrogen-bond donors (Lipinski definition) is 2. The summed E-state index contributed by atoms with van der Waals surface area (Å²) in [7, 11) is -4.52. The van der Waals surface area contributed by atoms with Crippen LogP contribution >= 0.6 is 0 Å². The highest BCUT2D eigenvalue weighted by molar-refractivity contribution is 7.92. The average Bonchev–Trinajstić information content (AvgIpc) is 3.55. The molecule has 2 aromatic rings. The van der Waals surface area contributed by atoms with Gasteiger partial charge in [-0.2, -0.15) is 27.1 Å². The molecule has 0 saturated heterocycles. The Labute approximate surface area is 219 Å². The van der Waals surface area contributed by atoms with E-state index in [0.717, 1.165) is 4.31 Å². The third kappa shape index (κ3) is 5.86. The number of anilines is 2. The second kappa shape index (κ2) is 10.2. The molecule has 11 nitrogen and oxygen atoms in total. The Balaban J connectivity index is 1.61. The molecule has 39 heavy (non-hydrogen) atoms. The number of nitrogens with zero attached hydrogens (tertiary/aromatic N) is 3. The van der Waals surface area contributed by atoms with E-state index in [2.05, 4.69) is 15.7 Å². The van der Waals surface area contributed by atoms with Crippen LogP contribution < -0.4 is 19.7 Å². The number of amides is 2. The number of benzene rings is 1. The van der Waals surface area contributed by atoms with Crippen LogP contribution in [0.3, 0.4) is 0 Å². The molecule has 1 aromatic carbocycles. The van der Waals surface area contributed by atoms with E-state index in [1.807, 2.05) is 0 Å². The van der Waals surface area contributed by atoms with Crippen LogP contribution in [0.25, 0.3) is 0 Å². The van der Waals surface area contributed by atoms with Gasteiger partial charge in [0.05, 0.1) is 30.7 Å². The normalized spacial score (nSPS) is 18.3. The molecule has 1 aromatic heterocycles. The number of carbonyl (C=O) groups is 2. The number of fused-ring (bicyclic) bond motifs is 1. The van der Waals surface area contributed by atoms with Crippen molar-refractivity contribution in [2.45, 2.75) is 50.4 Å². The van der Waals surface area contributed by atoms with Gasteiger partial charge in [0.25, 0.3) is 10.0 Å². The van der Waals surface area contributed by atoms with E-state index in [4.69, 9.17) is 9.47 Å². The third-order valence-electron chi connectivity index (χ3n) is 6.29. The summed E-state index contributed by atoms with van der Waals surface area (Å²) >= 11 is 0. The van der Waals surface area contributed by atoms with Gasteiger partial charge in [-0.1, -0.05) is 0 Å². The van der Waals surface area contributed by atoms with Crippen LogP contribution in [0.4, 0.5) is 38.1 Å². The standard InChI is InChI=1S/C22H24F5N5O6S/c1-12-18(10-31(30-12)19(23)24)39(35,36)32-9-15(8-28-13(2)33)38-17-4-3-14(7-16(17)32)29-20(34)37-11-21(5-6-21)22(25,26)27/h3-4,7,10,15,19H,5-6,8-9,11H2,1-2H3,(H,28,33)(H,29,34). The molecular formula is C22H24F5N5O6S. The zero-order valence-corrected chi connectivity index (χ0v) is 21.4. The van der Waals surface area contributed by atoms with Crippen LogP contribution in [0.15, 0.2) is 29.3 Å². The zero-order chi connectivity index (χ0) is 28.8. The van der Waals surface area contributed by atoms with E-state index in [-0.39, 0.29) is 53.4 Å². The molecule has 1 aliphatic carbocycles. The fourth-order valence-electron chi connectivity index (χ4n) is 3.94. The fourth-order valence-corrected chi connectivity index (χ4v) is 5.59. The number of alkyl halides is 5. The lowest BCUT2D eigenvalue weighted by Gasteiger charge is -2.35. The van der Waals surface area contributed by atoms with Crippen LogP contribution in [0.5, 0.6) is 5.75 Å². The number of ether oxygens (including phenoxy) is 2. The number of sulfonamides is 1. The van der Waals surface area contributed by atoms with E-state index < -0.39 is 57.8 Å². The van der Waals surface area contributed by atoms with Crippen molar-refractivity contribution in [3.63, 3.8) is 0 Å². The quantitative estimate of drug-likeness (QED) is 0.456. The lowest BCUT2D eigenvalue weighted by atomic mass is 10.1. The Bertz CT molecular complexity index is 1380. The van der Waals surface area contributed by atoms with Crippen LogP contribution in [0.2, 0.25) is 0 Å². The molecule has 1 saturated carbocycles. The van der Waals surface area contributed by atoms with E-state index in [1.54, 1.807) is 0 Å². The molecule has 17 heteroatoms. The Morgan fingerprint density at radius 3 is 2.54 bits per heavy atom. The topological polar surface area (TPSA) is 132 Å². The second-order valence-electron chi connectivity index (χ2n) is 9.21. The second-order valence-corrected chi connectivity index (χ2v) is 11.0. The number of hydrogen-bond acceptors (Lipinski definition) is 7. The average molecular weight is 582 g/mol. The van der Waals surface area contributed by atoms with Crippen molar-refractivity contribution >= 4 is 33.4 Å². The lowest BCUT2D eigenvalue weighted by molar-refractivity contribution is -0.196. The highest BCUT2D eigenvalue weighted by Crippen LogP contribution is 2.57. The Morgan fingerprint density at radius 2 is 1.97 bits per heavy atom. The Morgan fingerprint density at radius 1 is 1.28 bits per heavy atom. The number of aromatic nitrogens is 2. The van der Waals surface area contributed by atoms with E-state index in [9.17, 15) is 40.0 Å². The summed E-state index contributed by atoms with van der Waals surface area (Å²) in [6.45, 7) is -1.89. The number of nitrogens with one attached hydrogen (secondary N) is 2. The van der Waals surface area contributed by atoms with Gasteiger partial charge in [-0.25, -0.2) is 17.9 Å². The summed E-state index contributed by atoms with van der Waals surface area (Å²) < 4.78 is 104. The fraction of sp³-hybridized carbons (Fsp3) is 0.500. The minimum Gasteiger partial charge on any atom is -0.484 e. The van der Waals surface area contributed by atoms with Gasteiger partial charge in [0, 0.05) is 12.6 Å². The van der Waals surface area contributed by atoms with Crippen molar-refractivity contribution in [1.82, 2.24) is 15.1 Å². The molecule has 1 fully saturated rings. The Hall–Kier alpha value is -3.63. The lowest BCUT2D eigenvalue weighted by Crippen LogP contribution is -2.48. The Kier molecular flexibility index (Phi) is 7.39. The number of halogens is 5. The number of carbonyl (C=O) groups excluding carboxylic acids is 2. The smallest absolute Gasteiger partial charge is 0.411 e. The molecule has 4 rings (SSSR count). The van der Waals surface area contributed by atoms with E-state index in [0.29, 0.717) is 6.20 Å². The minimum absolute atomic E-state index is 0.0204. The van der Waals surface area contributed by atoms with Gasteiger partial charge < -0.3 is 14.8 Å². The highest BCUT2D eigenvalue weighted by Gasteiger charge is 2.64. The predicted molar refractivity (Wildman–Crippen MR) is 125 cm³/mol. The molecule has 1 aliphatic heterocycles. The van der Waals surface area contributed by atoms with Crippen LogP contribution in [-0.2, 0) is 19.6 Å². The maximum atomic E-state index is 13.6. The summed E-state index contributed by atoms with van der Waals surface area (Å²) in [6.07, 6.45) is -6.21.